The molecule has 0 bridgehead atoms. The second kappa shape index (κ2) is 8.31. The molecule has 26 heavy (non-hydrogen) atoms. The van der Waals surface area contributed by atoms with Gasteiger partial charge in [-0.25, -0.2) is 0 Å². The van der Waals surface area contributed by atoms with Crippen molar-refractivity contribution in [3.63, 3.8) is 0 Å². The third-order valence-electron chi connectivity index (χ3n) is 3.89. The first kappa shape index (κ1) is 17.0. The first-order chi connectivity index (χ1) is 12.9. The lowest BCUT2D eigenvalue weighted by atomic mass is 10.1. The summed E-state index contributed by atoms with van der Waals surface area (Å²) in [6, 6.07) is 39.4. The Labute approximate surface area is 163 Å². The van der Waals surface area contributed by atoms with Gasteiger partial charge in [0.1, 0.15) is 0 Å². The van der Waals surface area contributed by atoms with Crippen LogP contribution in [0.4, 0.5) is 0 Å². The Kier molecular flexibility index (Phi) is 5.44. The van der Waals surface area contributed by atoms with Crippen molar-refractivity contribution in [3.05, 3.63) is 109 Å². The van der Waals surface area contributed by atoms with Gasteiger partial charge in [0.05, 0.1) is 0 Å². The van der Waals surface area contributed by atoms with Crippen molar-refractivity contribution in [2.24, 2.45) is 0 Å². The summed E-state index contributed by atoms with van der Waals surface area (Å²) in [5.41, 5.74) is 2.32. The topological polar surface area (TPSA) is 0 Å². The SMILES string of the molecule is [c]1c(-c2ccccc2)ccc(Sc2ccccc2)c1Sc1ccccc1. The molecular weight excluding hydrogens is 352 g/mol. The van der Waals surface area contributed by atoms with E-state index in [4.69, 9.17) is 0 Å². The van der Waals surface area contributed by atoms with Gasteiger partial charge in [-0.3, -0.25) is 0 Å². The number of rotatable bonds is 5. The summed E-state index contributed by atoms with van der Waals surface area (Å²) in [6.45, 7) is 0. The van der Waals surface area contributed by atoms with Crippen molar-refractivity contribution < 1.29 is 0 Å². The van der Waals surface area contributed by atoms with E-state index in [1.165, 1.54) is 20.2 Å². The van der Waals surface area contributed by atoms with Crippen LogP contribution in [0.5, 0.6) is 0 Å². The fraction of sp³-hybridized carbons (Fsp3) is 0. The molecule has 0 saturated heterocycles. The number of hydrogen-bond donors (Lipinski definition) is 0. The van der Waals surface area contributed by atoms with Crippen molar-refractivity contribution in [1.82, 2.24) is 0 Å². The predicted octanol–water partition coefficient (Wildman–Crippen LogP) is 7.46. The van der Waals surface area contributed by atoms with E-state index in [9.17, 15) is 0 Å². The molecule has 0 aliphatic heterocycles. The van der Waals surface area contributed by atoms with Crippen LogP contribution in [0.15, 0.2) is 123 Å². The van der Waals surface area contributed by atoms with Crippen LogP contribution in [-0.4, -0.2) is 0 Å². The summed E-state index contributed by atoms with van der Waals surface area (Å²) in [6.07, 6.45) is 0. The van der Waals surface area contributed by atoms with Gasteiger partial charge in [0.2, 0.25) is 0 Å². The molecule has 0 nitrogen and oxygen atoms in total. The molecule has 0 unspecified atom stereocenters. The molecule has 0 aliphatic rings. The molecule has 0 atom stereocenters. The van der Waals surface area contributed by atoms with E-state index in [1.807, 2.05) is 18.2 Å². The van der Waals surface area contributed by atoms with Crippen molar-refractivity contribution in [2.45, 2.75) is 19.6 Å². The minimum atomic E-state index is 1.13. The quantitative estimate of drug-likeness (QED) is 0.358. The normalized spacial score (nSPS) is 10.6. The fourth-order valence-electron chi connectivity index (χ4n) is 2.62. The Bertz CT molecular complexity index is 965. The van der Waals surface area contributed by atoms with Gasteiger partial charge in [-0.15, -0.1) is 0 Å². The van der Waals surface area contributed by atoms with Gasteiger partial charge < -0.3 is 0 Å². The highest BCUT2D eigenvalue weighted by Gasteiger charge is 2.10. The van der Waals surface area contributed by atoms with Gasteiger partial charge >= 0.3 is 0 Å². The fourth-order valence-corrected chi connectivity index (χ4v) is 4.56. The molecule has 4 rings (SSSR count). The third kappa shape index (κ3) is 4.21. The standard InChI is InChI=1S/C24H17S2/c1-4-10-19(11-5-1)20-16-17-23(25-21-12-6-2-7-13-21)24(18-20)26-22-14-8-3-9-15-22/h1-17H. The second-order valence-electron chi connectivity index (χ2n) is 5.76. The molecule has 4 aromatic carbocycles. The molecule has 2 heteroatoms. The van der Waals surface area contributed by atoms with Crippen molar-refractivity contribution in [3.8, 4) is 11.1 Å². The van der Waals surface area contributed by atoms with Crippen molar-refractivity contribution >= 4 is 23.5 Å². The Morgan fingerprint density at radius 1 is 0.500 bits per heavy atom. The maximum atomic E-state index is 3.64. The summed E-state index contributed by atoms with van der Waals surface area (Å²) in [5, 5.41) is 0. The van der Waals surface area contributed by atoms with Crippen molar-refractivity contribution in [1.29, 1.82) is 0 Å². The van der Waals surface area contributed by atoms with Crippen LogP contribution in [0.25, 0.3) is 11.1 Å². The minimum absolute atomic E-state index is 1.13. The highest BCUT2D eigenvalue weighted by atomic mass is 32.2. The van der Waals surface area contributed by atoms with E-state index in [0.29, 0.717) is 0 Å². The molecule has 125 valence electrons. The molecule has 0 aliphatic carbocycles. The Balaban J connectivity index is 1.72. The van der Waals surface area contributed by atoms with Crippen LogP contribution in [0.1, 0.15) is 0 Å². The molecule has 0 N–H and O–H groups in total. The molecule has 4 aromatic rings. The molecule has 0 spiro atoms. The van der Waals surface area contributed by atoms with Gasteiger partial charge in [-0.1, -0.05) is 96.3 Å². The zero-order chi connectivity index (χ0) is 17.6. The summed E-state index contributed by atoms with van der Waals surface area (Å²) in [7, 11) is 0. The maximum Gasteiger partial charge on any atom is 0.0347 e. The molecular formula is C24H17S2. The van der Waals surface area contributed by atoms with E-state index in [0.717, 1.165) is 10.5 Å². The van der Waals surface area contributed by atoms with Crippen LogP contribution < -0.4 is 0 Å². The highest BCUT2D eigenvalue weighted by Crippen LogP contribution is 2.40. The zero-order valence-electron chi connectivity index (χ0n) is 14.1. The van der Waals surface area contributed by atoms with Gasteiger partial charge in [0.25, 0.3) is 0 Å². The van der Waals surface area contributed by atoms with E-state index in [1.54, 1.807) is 23.5 Å². The van der Waals surface area contributed by atoms with Gasteiger partial charge in [0, 0.05) is 25.6 Å². The summed E-state index contributed by atoms with van der Waals surface area (Å²) >= 11 is 3.55. The van der Waals surface area contributed by atoms with Crippen LogP contribution in [-0.2, 0) is 0 Å². The first-order valence-electron chi connectivity index (χ1n) is 8.46. The Morgan fingerprint density at radius 3 is 1.65 bits per heavy atom. The van der Waals surface area contributed by atoms with Gasteiger partial charge in [-0.05, 0) is 41.5 Å². The third-order valence-corrected chi connectivity index (χ3v) is 6.12. The Morgan fingerprint density at radius 2 is 1.04 bits per heavy atom. The molecule has 0 aromatic heterocycles. The second-order valence-corrected chi connectivity index (χ2v) is 7.96. The number of hydrogen-bond acceptors (Lipinski definition) is 2. The van der Waals surface area contributed by atoms with E-state index in [-0.39, 0.29) is 0 Å². The summed E-state index contributed by atoms with van der Waals surface area (Å²) in [4.78, 5) is 4.85. The van der Waals surface area contributed by atoms with Crippen molar-refractivity contribution in [2.75, 3.05) is 0 Å². The van der Waals surface area contributed by atoms with Crippen LogP contribution in [0, 0.1) is 6.07 Å². The lowest BCUT2D eigenvalue weighted by Crippen LogP contribution is -1.84. The molecule has 0 saturated carbocycles. The molecule has 0 heterocycles. The van der Waals surface area contributed by atoms with E-state index < -0.39 is 0 Å². The van der Waals surface area contributed by atoms with Gasteiger partial charge in [-0.2, -0.15) is 0 Å². The monoisotopic (exact) mass is 369 g/mol. The largest absolute Gasteiger partial charge is 0.0889 e. The summed E-state index contributed by atoms with van der Waals surface area (Å²) < 4.78 is 0. The molecule has 1 radical (unpaired) electrons. The predicted molar refractivity (Wildman–Crippen MR) is 112 cm³/mol. The average molecular weight is 370 g/mol. The first-order valence-corrected chi connectivity index (χ1v) is 10.1. The minimum Gasteiger partial charge on any atom is -0.0889 e. The van der Waals surface area contributed by atoms with E-state index in [2.05, 4.69) is 91.0 Å². The van der Waals surface area contributed by atoms with Gasteiger partial charge in [0.15, 0.2) is 0 Å². The number of benzene rings is 4. The smallest absolute Gasteiger partial charge is 0.0347 e. The van der Waals surface area contributed by atoms with Crippen LogP contribution >= 0.6 is 23.5 Å². The van der Waals surface area contributed by atoms with E-state index >= 15 is 0 Å². The maximum absolute atomic E-state index is 3.64. The highest BCUT2D eigenvalue weighted by molar-refractivity contribution is 8.02. The zero-order valence-corrected chi connectivity index (χ0v) is 15.8. The van der Waals surface area contributed by atoms with Crippen LogP contribution in [0.3, 0.4) is 0 Å². The Hall–Kier alpha value is -2.42. The summed E-state index contributed by atoms with van der Waals surface area (Å²) in [5.74, 6) is 0. The molecule has 0 fully saturated rings. The lowest BCUT2D eigenvalue weighted by Gasteiger charge is -2.11. The lowest BCUT2D eigenvalue weighted by molar-refractivity contribution is 1.23. The van der Waals surface area contributed by atoms with Crippen LogP contribution in [0.2, 0.25) is 0 Å². The molecule has 0 amide bonds. The average Bonchev–Trinajstić information content (AvgIpc) is 2.71.